The highest BCUT2D eigenvalue weighted by Gasteiger charge is 2.51. The highest BCUT2D eigenvalue weighted by molar-refractivity contribution is 6.14. The zero-order chi connectivity index (χ0) is 36.5. The normalized spacial score (nSPS) is 13.6. The molecular formula is C53H31NO2. The molecule has 3 nitrogen and oxygen atoms in total. The molecule has 0 amide bonds. The van der Waals surface area contributed by atoms with Crippen LogP contribution in [-0.4, -0.2) is 4.57 Å². The molecule has 2 aliphatic rings. The third-order valence-electron chi connectivity index (χ3n) is 12.5. The number of rotatable bonds is 2. The van der Waals surface area contributed by atoms with Crippen LogP contribution in [0.2, 0.25) is 0 Å². The van der Waals surface area contributed by atoms with Crippen molar-refractivity contribution in [3.05, 3.63) is 210 Å². The van der Waals surface area contributed by atoms with E-state index in [1.54, 1.807) is 0 Å². The predicted molar refractivity (Wildman–Crippen MR) is 228 cm³/mol. The Kier molecular flexibility index (Phi) is 5.83. The fourth-order valence-electron chi connectivity index (χ4n) is 10.2. The molecule has 3 heterocycles. The molecule has 56 heavy (non-hydrogen) atoms. The van der Waals surface area contributed by atoms with Gasteiger partial charge < -0.3 is 13.7 Å². The van der Waals surface area contributed by atoms with Gasteiger partial charge in [0.05, 0.1) is 22.1 Å². The van der Waals surface area contributed by atoms with Gasteiger partial charge in [0.15, 0.2) is 0 Å². The van der Waals surface area contributed by atoms with Crippen molar-refractivity contribution >= 4 is 54.5 Å². The number of aromatic nitrogens is 1. The third kappa shape index (κ3) is 3.76. The minimum absolute atomic E-state index is 0.547. The predicted octanol–water partition coefficient (Wildman–Crippen LogP) is 14.0. The maximum atomic E-state index is 6.65. The summed E-state index contributed by atoms with van der Waals surface area (Å²) in [5.74, 6) is 1.80. The molecule has 1 aliphatic carbocycles. The lowest BCUT2D eigenvalue weighted by Gasteiger charge is -2.39. The van der Waals surface area contributed by atoms with E-state index in [4.69, 9.17) is 9.15 Å². The molecule has 13 rings (SSSR count). The number of fused-ring (bicyclic) bond motifs is 16. The molecule has 1 spiro atoms. The van der Waals surface area contributed by atoms with Gasteiger partial charge >= 0.3 is 0 Å². The second-order valence-electron chi connectivity index (χ2n) is 15.1. The van der Waals surface area contributed by atoms with Gasteiger partial charge in [0.1, 0.15) is 22.7 Å². The molecule has 2 aromatic heterocycles. The largest absolute Gasteiger partial charge is 0.457 e. The Morgan fingerprint density at radius 3 is 1.86 bits per heavy atom. The van der Waals surface area contributed by atoms with Gasteiger partial charge in [0.2, 0.25) is 0 Å². The fourth-order valence-corrected chi connectivity index (χ4v) is 10.2. The van der Waals surface area contributed by atoms with Crippen LogP contribution in [0, 0.1) is 0 Å². The van der Waals surface area contributed by atoms with Crippen LogP contribution in [0.15, 0.2) is 192 Å². The Morgan fingerprint density at radius 2 is 1.00 bits per heavy atom. The van der Waals surface area contributed by atoms with Crippen molar-refractivity contribution in [1.29, 1.82) is 0 Å². The van der Waals surface area contributed by atoms with Crippen LogP contribution in [0.3, 0.4) is 0 Å². The summed E-state index contributed by atoms with van der Waals surface area (Å²) in [7, 11) is 0. The Morgan fingerprint density at radius 1 is 0.357 bits per heavy atom. The van der Waals surface area contributed by atoms with Gasteiger partial charge in [0, 0.05) is 38.1 Å². The molecule has 1 aliphatic heterocycles. The summed E-state index contributed by atoms with van der Waals surface area (Å²) in [6, 6.07) is 68.3. The van der Waals surface area contributed by atoms with E-state index in [2.05, 4.69) is 180 Å². The molecule has 0 N–H and O–H groups in total. The van der Waals surface area contributed by atoms with Crippen molar-refractivity contribution in [3.63, 3.8) is 0 Å². The van der Waals surface area contributed by atoms with E-state index in [9.17, 15) is 0 Å². The van der Waals surface area contributed by atoms with Gasteiger partial charge in [-0.25, -0.2) is 0 Å². The Labute approximate surface area is 322 Å². The molecule has 9 aromatic carbocycles. The van der Waals surface area contributed by atoms with Gasteiger partial charge in [-0.2, -0.15) is 0 Å². The van der Waals surface area contributed by atoms with Crippen LogP contribution < -0.4 is 4.74 Å². The fraction of sp³-hybridized carbons (Fsp3) is 0.0189. The molecule has 0 fully saturated rings. The zero-order valence-corrected chi connectivity index (χ0v) is 30.2. The van der Waals surface area contributed by atoms with Crippen LogP contribution in [0.5, 0.6) is 11.5 Å². The molecular weight excluding hydrogens is 683 g/mol. The quantitative estimate of drug-likeness (QED) is 0.178. The maximum absolute atomic E-state index is 6.65. The zero-order valence-electron chi connectivity index (χ0n) is 30.2. The maximum Gasteiger partial charge on any atom is 0.135 e. The lowest BCUT2D eigenvalue weighted by atomic mass is 9.66. The van der Waals surface area contributed by atoms with Crippen molar-refractivity contribution < 1.29 is 9.15 Å². The van der Waals surface area contributed by atoms with E-state index in [1.165, 1.54) is 77.1 Å². The van der Waals surface area contributed by atoms with E-state index < -0.39 is 5.41 Å². The van der Waals surface area contributed by atoms with Crippen LogP contribution in [0.1, 0.15) is 22.3 Å². The number of furan rings is 1. The first-order valence-corrected chi connectivity index (χ1v) is 19.3. The molecule has 0 radical (unpaired) electrons. The van der Waals surface area contributed by atoms with Crippen molar-refractivity contribution in [1.82, 2.24) is 4.57 Å². The molecule has 260 valence electrons. The minimum Gasteiger partial charge on any atom is -0.457 e. The lowest BCUT2D eigenvalue weighted by Crippen LogP contribution is -2.32. The number of nitrogens with zero attached hydrogens (tertiary/aromatic N) is 1. The van der Waals surface area contributed by atoms with Crippen LogP contribution in [-0.2, 0) is 5.41 Å². The standard InChI is InChI=1S/C53H31NO2/c1-4-19-42-35(13-1)39-30-40-37-14-2-7-22-46(37)54(48(40)31-45(39)53(42)43-20-5-9-25-51(43)56-52-26-10-6-21-44(52)53)47-23-12-17-34-33(16-11-18-36(34)47)32-27-28-50-41(29-32)38-15-3-8-24-49(38)55-50/h1-31H. The number of ether oxygens (including phenoxy) is 1. The van der Waals surface area contributed by atoms with Crippen molar-refractivity contribution in [2.75, 3.05) is 0 Å². The Bertz CT molecular complexity index is 3430. The van der Waals surface area contributed by atoms with E-state index in [-0.39, 0.29) is 0 Å². The van der Waals surface area contributed by atoms with Gasteiger partial charge in [-0.1, -0.05) is 133 Å². The summed E-state index contributed by atoms with van der Waals surface area (Å²) < 4.78 is 15.3. The third-order valence-corrected chi connectivity index (χ3v) is 12.5. The highest BCUT2D eigenvalue weighted by atomic mass is 16.5. The minimum atomic E-state index is -0.547. The Balaban J connectivity index is 1.11. The molecule has 3 heteroatoms. The first-order valence-electron chi connectivity index (χ1n) is 19.3. The van der Waals surface area contributed by atoms with Crippen molar-refractivity contribution in [2.45, 2.75) is 5.41 Å². The van der Waals surface area contributed by atoms with E-state index >= 15 is 0 Å². The van der Waals surface area contributed by atoms with E-state index in [1.807, 2.05) is 12.1 Å². The van der Waals surface area contributed by atoms with E-state index in [0.29, 0.717) is 0 Å². The summed E-state index contributed by atoms with van der Waals surface area (Å²) >= 11 is 0. The number of benzene rings is 9. The van der Waals surface area contributed by atoms with Crippen molar-refractivity contribution in [3.8, 4) is 39.4 Å². The first-order chi connectivity index (χ1) is 27.8. The Hall–Kier alpha value is -7.36. The molecule has 0 saturated heterocycles. The summed E-state index contributed by atoms with van der Waals surface area (Å²) in [6.45, 7) is 0. The van der Waals surface area contributed by atoms with Gasteiger partial charge in [-0.3, -0.25) is 0 Å². The molecule has 0 bridgehead atoms. The summed E-state index contributed by atoms with van der Waals surface area (Å²) in [5.41, 5.74) is 14.6. The average Bonchev–Trinajstić information content (AvgIpc) is 3.89. The topological polar surface area (TPSA) is 27.3 Å². The lowest BCUT2D eigenvalue weighted by molar-refractivity contribution is 0.436. The second kappa shape index (κ2) is 10.9. The van der Waals surface area contributed by atoms with Gasteiger partial charge in [-0.15, -0.1) is 0 Å². The number of hydrogen-bond acceptors (Lipinski definition) is 2. The first kappa shape index (κ1) is 30.0. The van der Waals surface area contributed by atoms with Gasteiger partial charge in [0.25, 0.3) is 0 Å². The average molecular weight is 714 g/mol. The van der Waals surface area contributed by atoms with Crippen LogP contribution in [0.25, 0.3) is 82.5 Å². The number of hydrogen-bond donors (Lipinski definition) is 0. The van der Waals surface area contributed by atoms with Crippen molar-refractivity contribution in [2.24, 2.45) is 0 Å². The van der Waals surface area contributed by atoms with Crippen LogP contribution in [0.4, 0.5) is 0 Å². The SMILES string of the molecule is c1ccc2c(c1)Oc1ccccc1C21c2ccccc2-c2cc3c4ccccc4n(-c4cccc5c(-c6ccc7oc8ccccc8c7c6)cccc45)c3cc21. The summed E-state index contributed by atoms with van der Waals surface area (Å²) in [5, 5.41) is 7.16. The van der Waals surface area contributed by atoms with Gasteiger partial charge in [-0.05, 0) is 93.4 Å². The second-order valence-corrected chi connectivity index (χ2v) is 15.1. The monoisotopic (exact) mass is 713 g/mol. The molecule has 11 aromatic rings. The summed E-state index contributed by atoms with van der Waals surface area (Å²) in [4.78, 5) is 0. The summed E-state index contributed by atoms with van der Waals surface area (Å²) in [6.07, 6.45) is 0. The number of para-hydroxylation sites is 4. The smallest absolute Gasteiger partial charge is 0.135 e. The van der Waals surface area contributed by atoms with Crippen LogP contribution >= 0.6 is 0 Å². The molecule has 0 unspecified atom stereocenters. The highest BCUT2D eigenvalue weighted by Crippen LogP contribution is 2.62. The van der Waals surface area contributed by atoms with E-state index in [0.717, 1.165) is 39.1 Å². The molecule has 0 saturated carbocycles. The molecule has 0 atom stereocenters.